The lowest BCUT2D eigenvalue weighted by molar-refractivity contribution is 0.111. The molecule has 0 aliphatic carbocycles. The summed E-state index contributed by atoms with van der Waals surface area (Å²) >= 11 is 0. The molecule has 1 aliphatic heterocycles. The number of allylic oxidation sites excluding steroid dienone is 2. The van der Waals surface area contributed by atoms with Crippen molar-refractivity contribution < 1.29 is 13.5 Å². The number of hydrogen-bond donors (Lipinski definition) is 2. The molecule has 0 bridgehead atoms. The summed E-state index contributed by atoms with van der Waals surface area (Å²) in [4.78, 5) is 0. The van der Waals surface area contributed by atoms with Crippen molar-refractivity contribution in [2.24, 2.45) is 0 Å². The highest BCUT2D eigenvalue weighted by Crippen LogP contribution is 2.28. The first-order chi connectivity index (χ1) is 13.4. The number of dihydropyridines is 1. The number of hydrogen-bond acceptors (Lipinski definition) is 5. The molecule has 1 aliphatic rings. The average Bonchev–Trinajstić information content (AvgIpc) is 2.70. The molecule has 1 unspecified atom stereocenters. The Morgan fingerprint density at radius 2 is 1.79 bits per heavy atom. The Labute approximate surface area is 161 Å². The maximum absolute atomic E-state index is 15.3. The van der Waals surface area contributed by atoms with Gasteiger partial charge in [-0.25, -0.2) is 4.39 Å². The van der Waals surface area contributed by atoms with Gasteiger partial charge in [0.25, 0.3) is 5.92 Å². The van der Waals surface area contributed by atoms with E-state index in [1.54, 1.807) is 36.4 Å². The van der Waals surface area contributed by atoms with Crippen LogP contribution in [0.4, 0.5) is 8.78 Å². The molecular formula is C21H16F2N4O. The third-order valence-electron chi connectivity index (χ3n) is 4.05. The second-order valence-corrected chi connectivity index (χ2v) is 6.21. The van der Waals surface area contributed by atoms with Gasteiger partial charge in [0.15, 0.2) is 5.83 Å². The molecule has 3 rings (SSSR count). The van der Waals surface area contributed by atoms with Gasteiger partial charge in [-0.15, -0.1) is 0 Å². The van der Waals surface area contributed by atoms with Crippen molar-refractivity contribution in [3.8, 4) is 17.9 Å². The largest absolute Gasteiger partial charge is 0.438 e. The molecule has 7 heteroatoms. The van der Waals surface area contributed by atoms with Crippen LogP contribution in [-0.2, 0) is 6.54 Å². The van der Waals surface area contributed by atoms with Crippen molar-refractivity contribution in [3.05, 3.63) is 88.6 Å². The summed E-state index contributed by atoms with van der Waals surface area (Å²) in [6.07, 6.45) is 1.08. The molecule has 0 saturated heterocycles. The number of nitriles is 2. The number of benzene rings is 2. The highest BCUT2D eigenvalue weighted by Gasteiger charge is 2.34. The first-order valence-corrected chi connectivity index (χ1v) is 8.41. The molecule has 140 valence electrons. The van der Waals surface area contributed by atoms with E-state index in [-0.39, 0.29) is 17.9 Å². The summed E-state index contributed by atoms with van der Waals surface area (Å²) < 4.78 is 35.2. The molecule has 1 atom stereocenters. The van der Waals surface area contributed by atoms with E-state index < -0.39 is 17.6 Å². The van der Waals surface area contributed by atoms with E-state index in [4.69, 9.17) is 15.3 Å². The Kier molecular flexibility index (Phi) is 5.39. The Morgan fingerprint density at radius 1 is 1.11 bits per heavy atom. The third kappa shape index (κ3) is 4.35. The second-order valence-electron chi connectivity index (χ2n) is 6.21. The van der Waals surface area contributed by atoms with Crippen LogP contribution in [0.25, 0.3) is 0 Å². The van der Waals surface area contributed by atoms with Crippen molar-refractivity contribution in [1.82, 2.24) is 10.6 Å². The molecule has 0 fully saturated rings. The number of rotatable bonds is 5. The van der Waals surface area contributed by atoms with Crippen LogP contribution in [0.2, 0.25) is 0 Å². The summed E-state index contributed by atoms with van der Waals surface area (Å²) in [5.41, 5.74) is 1.56. The van der Waals surface area contributed by atoms with Gasteiger partial charge in [0.05, 0.1) is 23.3 Å². The first kappa shape index (κ1) is 19.1. The van der Waals surface area contributed by atoms with Crippen LogP contribution in [-0.4, -0.2) is 5.92 Å². The molecule has 2 aromatic rings. The van der Waals surface area contributed by atoms with Crippen LogP contribution < -0.4 is 15.4 Å². The topological polar surface area (TPSA) is 80.9 Å². The molecule has 2 N–H and O–H groups in total. The molecule has 0 saturated carbocycles. The average molecular weight is 378 g/mol. The minimum atomic E-state index is -2.26. The summed E-state index contributed by atoms with van der Waals surface area (Å²) in [6.45, 7) is 1.53. The van der Waals surface area contributed by atoms with Crippen LogP contribution in [0.3, 0.4) is 0 Å². The van der Waals surface area contributed by atoms with Gasteiger partial charge >= 0.3 is 0 Å². The predicted octanol–water partition coefficient (Wildman–Crippen LogP) is 3.91. The number of halogens is 2. The van der Waals surface area contributed by atoms with Gasteiger partial charge < -0.3 is 10.1 Å². The maximum Gasteiger partial charge on any atom is 0.258 e. The highest BCUT2D eigenvalue weighted by molar-refractivity contribution is 5.39. The van der Waals surface area contributed by atoms with E-state index in [0.29, 0.717) is 16.7 Å². The number of ether oxygens (including phenoxy) is 1. The second kappa shape index (κ2) is 7.91. The Bertz CT molecular complexity index is 1050. The molecule has 2 aromatic carbocycles. The first-order valence-electron chi connectivity index (χ1n) is 8.41. The van der Waals surface area contributed by atoms with E-state index in [1.807, 2.05) is 12.1 Å². The molecule has 0 spiro atoms. The van der Waals surface area contributed by atoms with E-state index in [2.05, 4.69) is 10.6 Å². The fourth-order valence-corrected chi connectivity index (χ4v) is 2.69. The van der Waals surface area contributed by atoms with Crippen LogP contribution >= 0.6 is 0 Å². The van der Waals surface area contributed by atoms with Crippen molar-refractivity contribution in [3.63, 3.8) is 0 Å². The Hall–Kier alpha value is -3.68. The minimum absolute atomic E-state index is 0.0611. The molecule has 0 radical (unpaired) electrons. The lowest BCUT2D eigenvalue weighted by atomic mass is 10.1. The lowest BCUT2D eigenvalue weighted by Gasteiger charge is -2.31. The quantitative estimate of drug-likeness (QED) is 0.771. The Morgan fingerprint density at radius 3 is 2.50 bits per heavy atom. The van der Waals surface area contributed by atoms with Crippen molar-refractivity contribution in [1.29, 1.82) is 10.5 Å². The van der Waals surface area contributed by atoms with E-state index >= 15 is 4.39 Å². The maximum atomic E-state index is 15.3. The van der Waals surface area contributed by atoms with Crippen LogP contribution in [0.1, 0.15) is 23.6 Å². The third-order valence-corrected chi connectivity index (χ3v) is 4.05. The van der Waals surface area contributed by atoms with Gasteiger partial charge in [-0.2, -0.15) is 14.9 Å². The monoisotopic (exact) mass is 378 g/mol. The fraction of sp³-hybridized carbons (Fsp3) is 0.143. The van der Waals surface area contributed by atoms with E-state index in [1.165, 1.54) is 19.1 Å². The molecule has 0 aromatic heterocycles. The van der Waals surface area contributed by atoms with Crippen molar-refractivity contribution >= 4 is 0 Å². The molecule has 28 heavy (non-hydrogen) atoms. The minimum Gasteiger partial charge on any atom is -0.438 e. The number of nitrogens with one attached hydrogen (secondary N) is 2. The van der Waals surface area contributed by atoms with E-state index in [9.17, 15) is 4.39 Å². The number of nitrogens with zero attached hydrogens (tertiary/aromatic N) is 2. The zero-order chi connectivity index (χ0) is 20.1. The van der Waals surface area contributed by atoms with Gasteiger partial charge in [0, 0.05) is 6.54 Å². The van der Waals surface area contributed by atoms with Gasteiger partial charge in [-0.05, 0) is 54.5 Å². The van der Waals surface area contributed by atoms with Gasteiger partial charge in [0.2, 0.25) is 5.88 Å². The van der Waals surface area contributed by atoms with Gasteiger partial charge in [0.1, 0.15) is 5.75 Å². The predicted molar refractivity (Wildman–Crippen MR) is 98.6 cm³/mol. The number of alkyl halides is 1. The van der Waals surface area contributed by atoms with Gasteiger partial charge in [-0.1, -0.05) is 18.2 Å². The molecule has 0 amide bonds. The summed E-state index contributed by atoms with van der Waals surface area (Å²) in [5, 5.41) is 22.9. The SMILES string of the molecule is CC1=CC(F)(NCc2cccc(C#N)c2)NC(Oc2cccc(C#N)c2)=C1F. The molecule has 5 nitrogen and oxygen atoms in total. The molecule has 1 heterocycles. The van der Waals surface area contributed by atoms with E-state index in [0.717, 1.165) is 6.08 Å². The smallest absolute Gasteiger partial charge is 0.258 e. The Balaban J connectivity index is 1.77. The van der Waals surface area contributed by atoms with Crippen LogP contribution in [0, 0.1) is 22.7 Å². The van der Waals surface area contributed by atoms with Crippen molar-refractivity contribution in [2.75, 3.05) is 0 Å². The van der Waals surface area contributed by atoms with Crippen molar-refractivity contribution in [2.45, 2.75) is 19.4 Å². The van der Waals surface area contributed by atoms with Gasteiger partial charge in [-0.3, -0.25) is 5.32 Å². The fourth-order valence-electron chi connectivity index (χ4n) is 2.69. The summed E-state index contributed by atoms with van der Waals surface area (Å²) in [7, 11) is 0. The molecular weight excluding hydrogens is 362 g/mol. The zero-order valence-electron chi connectivity index (χ0n) is 15.0. The van der Waals surface area contributed by atoms with Crippen LogP contribution in [0.15, 0.2) is 71.9 Å². The lowest BCUT2D eigenvalue weighted by Crippen LogP contribution is -2.53. The normalized spacial score (nSPS) is 18.5. The highest BCUT2D eigenvalue weighted by atomic mass is 19.2. The standard InChI is InChI=1S/C21H16F2N4O/c1-14-10-21(23,26-13-17-6-2-4-15(8-17)11-24)27-20(19(14)22)28-18-7-3-5-16(9-18)12-25/h2-10,26-27H,13H2,1H3. The zero-order valence-corrected chi connectivity index (χ0v) is 15.0. The summed E-state index contributed by atoms with van der Waals surface area (Å²) in [6, 6.07) is 16.8. The van der Waals surface area contributed by atoms with Crippen LogP contribution in [0.5, 0.6) is 5.75 Å². The summed E-state index contributed by atoms with van der Waals surface area (Å²) in [5.74, 6) is -3.18.